The second-order valence-electron chi connectivity index (χ2n) is 4.53. The van der Waals surface area contributed by atoms with Gasteiger partial charge in [-0.25, -0.2) is 0 Å². The zero-order valence-electron chi connectivity index (χ0n) is 9.74. The van der Waals surface area contributed by atoms with Crippen LogP contribution in [0, 0.1) is 0 Å². The summed E-state index contributed by atoms with van der Waals surface area (Å²) in [5.74, 6) is 0. The molecule has 4 heterocycles. The van der Waals surface area contributed by atoms with Gasteiger partial charge < -0.3 is 9.47 Å². The van der Waals surface area contributed by atoms with Gasteiger partial charge in [0.25, 0.3) is 0 Å². The maximum atomic E-state index is 5.37. The lowest BCUT2D eigenvalue weighted by Gasteiger charge is -2.08. The molecule has 0 spiro atoms. The van der Waals surface area contributed by atoms with Gasteiger partial charge in [0.05, 0.1) is 24.6 Å². The third-order valence-electron chi connectivity index (χ3n) is 3.26. The van der Waals surface area contributed by atoms with E-state index in [4.69, 9.17) is 9.47 Å². The number of hydrogen-bond donors (Lipinski definition) is 0. The maximum absolute atomic E-state index is 5.37. The van der Waals surface area contributed by atoms with Crippen molar-refractivity contribution in [1.29, 1.82) is 0 Å². The fraction of sp³-hybridized carbons (Fsp3) is 0.286. The second kappa shape index (κ2) is 3.86. The van der Waals surface area contributed by atoms with Crippen molar-refractivity contribution in [2.45, 2.75) is 12.2 Å². The first kappa shape index (κ1) is 10.2. The third-order valence-corrected chi connectivity index (χ3v) is 3.26. The maximum Gasteiger partial charge on any atom is 0.108 e. The highest BCUT2D eigenvalue weighted by Gasteiger charge is 2.32. The molecule has 0 saturated carbocycles. The van der Waals surface area contributed by atoms with E-state index in [1.54, 1.807) is 12.4 Å². The number of nitrogens with zero attached hydrogens (tertiary/aromatic N) is 2. The highest BCUT2D eigenvalue weighted by molar-refractivity contribution is 5.64. The van der Waals surface area contributed by atoms with Gasteiger partial charge in [-0.05, 0) is 12.1 Å². The monoisotopic (exact) mass is 240 g/mol. The molecule has 2 atom stereocenters. The summed E-state index contributed by atoms with van der Waals surface area (Å²) < 4.78 is 10.7. The molecule has 4 nitrogen and oxygen atoms in total. The lowest BCUT2D eigenvalue weighted by molar-refractivity contribution is 0.414. The Morgan fingerprint density at radius 3 is 1.67 bits per heavy atom. The zero-order valence-corrected chi connectivity index (χ0v) is 9.74. The molecule has 0 amide bonds. The number of rotatable bonds is 3. The molecular weight excluding hydrogens is 228 g/mol. The van der Waals surface area contributed by atoms with E-state index >= 15 is 0 Å². The normalized spacial score (nSPS) is 24.9. The first-order chi connectivity index (χ1) is 8.93. The van der Waals surface area contributed by atoms with E-state index in [0.29, 0.717) is 0 Å². The number of aromatic nitrogens is 2. The molecule has 0 aromatic carbocycles. The van der Waals surface area contributed by atoms with Gasteiger partial charge in [-0.1, -0.05) is 12.1 Å². The summed E-state index contributed by atoms with van der Waals surface area (Å²) in [6.45, 7) is 1.56. The average Bonchev–Trinajstić information content (AvgIpc) is 3.32. The van der Waals surface area contributed by atoms with Gasteiger partial charge in [-0.2, -0.15) is 0 Å². The number of epoxide rings is 2. The van der Waals surface area contributed by atoms with Gasteiger partial charge in [0.2, 0.25) is 0 Å². The quantitative estimate of drug-likeness (QED) is 0.772. The Bertz CT molecular complexity index is 538. The number of ether oxygens (including phenoxy) is 2. The van der Waals surface area contributed by atoms with E-state index in [-0.39, 0.29) is 12.2 Å². The van der Waals surface area contributed by atoms with Crippen molar-refractivity contribution in [3.05, 3.63) is 47.8 Å². The molecule has 4 heteroatoms. The van der Waals surface area contributed by atoms with Gasteiger partial charge >= 0.3 is 0 Å². The molecule has 2 aromatic heterocycles. The smallest absolute Gasteiger partial charge is 0.108 e. The van der Waals surface area contributed by atoms with Crippen molar-refractivity contribution in [2.75, 3.05) is 13.2 Å². The topological polar surface area (TPSA) is 50.8 Å². The Morgan fingerprint density at radius 1 is 0.833 bits per heavy atom. The van der Waals surface area contributed by atoms with Gasteiger partial charge in [0, 0.05) is 23.5 Å². The third kappa shape index (κ3) is 1.70. The first-order valence-electron chi connectivity index (χ1n) is 6.07. The molecule has 2 saturated heterocycles. The van der Waals surface area contributed by atoms with E-state index in [2.05, 4.69) is 22.1 Å². The largest absolute Gasteiger partial charge is 0.368 e. The summed E-state index contributed by atoms with van der Waals surface area (Å²) in [6.07, 6.45) is 3.97. The second-order valence-corrected chi connectivity index (χ2v) is 4.53. The predicted octanol–water partition coefficient (Wildman–Crippen LogP) is 2.29. The van der Waals surface area contributed by atoms with E-state index < -0.39 is 0 Å². The molecule has 2 fully saturated rings. The number of pyridine rings is 2. The Balaban J connectivity index is 1.87. The highest BCUT2D eigenvalue weighted by atomic mass is 16.6. The van der Waals surface area contributed by atoms with Crippen LogP contribution in [0.2, 0.25) is 0 Å². The van der Waals surface area contributed by atoms with Gasteiger partial charge in [-0.15, -0.1) is 0 Å². The van der Waals surface area contributed by atoms with E-state index in [1.807, 2.05) is 12.1 Å². The molecule has 0 radical (unpaired) electrons. The summed E-state index contributed by atoms with van der Waals surface area (Å²) in [5, 5.41) is 0. The van der Waals surface area contributed by atoms with Gasteiger partial charge in [0.1, 0.15) is 12.2 Å². The molecule has 0 N–H and O–H groups in total. The van der Waals surface area contributed by atoms with Crippen molar-refractivity contribution < 1.29 is 9.47 Å². The molecule has 2 aliphatic rings. The fourth-order valence-electron chi connectivity index (χ4n) is 2.21. The van der Waals surface area contributed by atoms with Crippen molar-refractivity contribution in [1.82, 2.24) is 9.97 Å². The van der Waals surface area contributed by atoms with Crippen LogP contribution in [0.25, 0.3) is 11.4 Å². The first-order valence-corrected chi connectivity index (χ1v) is 6.07. The van der Waals surface area contributed by atoms with Crippen molar-refractivity contribution in [2.24, 2.45) is 0 Å². The van der Waals surface area contributed by atoms with E-state index in [9.17, 15) is 0 Å². The summed E-state index contributed by atoms with van der Waals surface area (Å²) in [7, 11) is 0. The minimum absolute atomic E-state index is 0.184. The predicted molar refractivity (Wildman–Crippen MR) is 64.9 cm³/mol. The van der Waals surface area contributed by atoms with Crippen LogP contribution in [0.5, 0.6) is 0 Å². The molecular formula is C14H12N2O2. The summed E-state index contributed by atoms with van der Waals surface area (Å²) in [6, 6.07) is 8.01. The Kier molecular flexibility index (Phi) is 2.18. The summed E-state index contributed by atoms with van der Waals surface area (Å²) in [4.78, 5) is 8.97. The Morgan fingerprint density at radius 2 is 1.28 bits per heavy atom. The van der Waals surface area contributed by atoms with Crippen LogP contribution < -0.4 is 0 Å². The average molecular weight is 240 g/mol. The molecule has 90 valence electrons. The molecule has 0 bridgehead atoms. The van der Waals surface area contributed by atoms with E-state index in [1.165, 1.54) is 0 Å². The van der Waals surface area contributed by atoms with Crippen molar-refractivity contribution in [3.8, 4) is 11.4 Å². The minimum atomic E-state index is 0.184. The fourth-order valence-corrected chi connectivity index (χ4v) is 2.21. The molecule has 2 aliphatic heterocycles. The summed E-state index contributed by atoms with van der Waals surface area (Å²) in [5.41, 5.74) is 4.09. The number of hydrogen-bond acceptors (Lipinski definition) is 4. The van der Waals surface area contributed by atoms with Crippen LogP contribution in [0.3, 0.4) is 0 Å². The molecule has 2 aromatic rings. The molecule has 18 heavy (non-hydrogen) atoms. The summed E-state index contributed by atoms with van der Waals surface area (Å²) >= 11 is 0. The highest BCUT2D eigenvalue weighted by Crippen LogP contribution is 2.40. The molecule has 0 aliphatic carbocycles. The van der Waals surface area contributed by atoms with Crippen molar-refractivity contribution in [3.63, 3.8) is 0 Å². The lowest BCUT2D eigenvalue weighted by Crippen LogP contribution is -1.98. The van der Waals surface area contributed by atoms with Crippen LogP contribution in [0.15, 0.2) is 36.7 Å². The SMILES string of the molecule is c1cnc(-c2ncccc2C2CO2)c(C2CO2)c1. The standard InChI is InChI=1S/C14H12N2O2/c1-3-9(11-7-17-11)13(15-5-1)14-10(12-8-18-12)4-2-6-16-14/h1-6,11-12H,7-8H2. The Hall–Kier alpha value is -1.78. The van der Waals surface area contributed by atoms with Crippen molar-refractivity contribution >= 4 is 0 Å². The van der Waals surface area contributed by atoms with E-state index in [0.717, 1.165) is 35.7 Å². The van der Waals surface area contributed by atoms with Crippen LogP contribution >= 0.6 is 0 Å². The minimum Gasteiger partial charge on any atom is -0.368 e. The molecule has 2 unspecified atom stereocenters. The van der Waals surface area contributed by atoms with Gasteiger partial charge in [0.15, 0.2) is 0 Å². The van der Waals surface area contributed by atoms with Gasteiger partial charge in [-0.3, -0.25) is 9.97 Å². The van der Waals surface area contributed by atoms with Crippen LogP contribution in [0.4, 0.5) is 0 Å². The zero-order chi connectivity index (χ0) is 11.9. The van der Waals surface area contributed by atoms with Crippen LogP contribution in [-0.2, 0) is 9.47 Å². The Labute approximate surface area is 105 Å². The van der Waals surface area contributed by atoms with Crippen LogP contribution in [0.1, 0.15) is 23.3 Å². The van der Waals surface area contributed by atoms with Crippen LogP contribution in [-0.4, -0.2) is 23.2 Å². The lowest BCUT2D eigenvalue weighted by atomic mass is 10.0. The molecule has 4 rings (SSSR count).